The minimum Gasteiger partial charge on any atom is -0.245 e. The first kappa shape index (κ1) is 22.9. The van der Waals surface area contributed by atoms with Crippen molar-refractivity contribution in [2.45, 2.75) is 21.0 Å². The van der Waals surface area contributed by atoms with Gasteiger partial charge in [-0.3, -0.25) is 0 Å². The maximum Gasteiger partial charge on any atom is 0.0252 e. The van der Waals surface area contributed by atoms with Crippen molar-refractivity contribution in [3.63, 3.8) is 0 Å². The smallest absolute Gasteiger partial charge is 0.0252 e. The van der Waals surface area contributed by atoms with Gasteiger partial charge < -0.3 is 0 Å². The van der Waals surface area contributed by atoms with Gasteiger partial charge in [-0.05, 0) is 86.2 Å². The van der Waals surface area contributed by atoms with Gasteiger partial charge in [-0.25, -0.2) is 40.1 Å². The molecule has 4 heteroatoms. The average Bonchev–Trinajstić information content (AvgIpc) is 2.40. The molecule has 1 aromatic carbocycles. The van der Waals surface area contributed by atoms with Crippen molar-refractivity contribution in [1.82, 2.24) is 0 Å². The summed E-state index contributed by atoms with van der Waals surface area (Å²) in [7, 11) is -2.72. The minimum atomic E-state index is -0.690. The molecule has 0 aliphatic heterocycles. The summed E-state index contributed by atoms with van der Waals surface area (Å²) in [5.74, 6) is 0. The van der Waals surface area contributed by atoms with Crippen molar-refractivity contribution >= 4 is 40.1 Å². The van der Waals surface area contributed by atoms with E-state index in [4.69, 9.17) is 0 Å². The molecule has 2 rings (SSSR count). The van der Waals surface area contributed by atoms with E-state index in [0.29, 0.717) is 0 Å². The Balaban J connectivity index is 2.91. The molecule has 0 nitrogen and oxygen atoms in total. The van der Waals surface area contributed by atoms with Crippen LogP contribution in [0.1, 0.15) is 21.6 Å². The molecule has 26 heavy (non-hydrogen) atoms. The number of hydrogen-bond donors (Lipinski definition) is 0. The van der Waals surface area contributed by atoms with Gasteiger partial charge in [0.25, 0.3) is 0 Å². The lowest BCUT2D eigenvalue weighted by molar-refractivity contribution is 0.677. The van der Waals surface area contributed by atoms with Crippen molar-refractivity contribution in [1.29, 1.82) is 0 Å². The van der Waals surface area contributed by atoms with Crippen LogP contribution in [0, 0.1) is 0 Å². The SMILES string of the molecule is CS(C)(C)C1c2ccccc2C(S(C)(C)C)C(S(C)(C)C)C1S(C)(C)C. The molecular formula is C22H44S4. The summed E-state index contributed by atoms with van der Waals surface area (Å²) in [6.45, 7) is 0. The standard InChI is InChI=1S/C22H44S4/c1-23(2,3)19-17-15-13-14-16-18(17)20(24(4,5)6)22(26(10,11)12)21(19)25(7,8)9/h13-16,19-22H,1-12H3. The summed E-state index contributed by atoms with van der Waals surface area (Å²) >= 11 is 0. The van der Waals surface area contributed by atoms with Gasteiger partial charge >= 0.3 is 0 Å². The second kappa shape index (κ2) is 7.15. The molecular weight excluding hydrogens is 393 g/mol. The summed E-state index contributed by atoms with van der Waals surface area (Å²) in [4.78, 5) is 0. The zero-order valence-corrected chi connectivity index (χ0v) is 22.5. The Morgan fingerprint density at radius 2 is 0.731 bits per heavy atom. The maximum absolute atomic E-state index is 2.59. The third-order valence-corrected chi connectivity index (χ3v) is 14.7. The van der Waals surface area contributed by atoms with Crippen LogP contribution in [0.25, 0.3) is 0 Å². The summed E-state index contributed by atoms with van der Waals surface area (Å²) in [5.41, 5.74) is 3.41. The van der Waals surface area contributed by atoms with Gasteiger partial charge in [-0.15, -0.1) is 0 Å². The Morgan fingerprint density at radius 1 is 0.462 bits per heavy atom. The normalized spacial score (nSPS) is 30.5. The van der Waals surface area contributed by atoms with Crippen LogP contribution in [0.4, 0.5) is 0 Å². The molecule has 0 spiro atoms. The van der Waals surface area contributed by atoms with E-state index in [1.807, 2.05) is 0 Å². The van der Waals surface area contributed by atoms with Crippen molar-refractivity contribution in [2.24, 2.45) is 0 Å². The van der Waals surface area contributed by atoms with Gasteiger partial charge in [0.15, 0.2) is 0 Å². The van der Waals surface area contributed by atoms with Crippen LogP contribution in [0.15, 0.2) is 24.3 Å². The summed E-state index contributed by atoms with van der Waals surface area (Å²) < 4.78 is 0. The molecule has 1 aliphatic rings. The van der Waals surface area contributed by atoms with E-state index < -0.39 is 40.1 Å². The highest BCUT2D eigenvalue weighted by molar-refractivity contribution is 8.38. The number of hydrogen-bond acceptors (Lipinski definition) is 0. The van der Waals surface area contributed by atoms with Crippen LogP contribution in [-0.4, -0.2) is 85.6 Å². The largest absolute Gasteiger partial charge is 0.245 e. The van der Waals surface area contributed by atoms with Gasteiger partial charge in [0.1, 0.15) is 0 Å². The molecule has 4 atom stereocenters. The molecule has 0 heterocycles. The molecule has 0 bridgehead atoms. The molecule has 0 N–H and O–H groups in total. The lowest BCUT2D eigenvalue weighted by atomic mass is 9.90. The number of rotatable bonds is 4. The van der Waals surface area contributed by atoms with Crippen LogP contribution >= 0.6 is 40.1 Å². The Kier molecular flexibility index (Phi) is 6.29. The van der Waals surface area contributed by atoms with Gasteiger partial charge in [-0.1, -0.05) is 24.3 Å². The second-order valence-electron chi connectivity index (χ2n) is 11.1. The molecule has 4 unspecified atom stereocenters. The fourth-order valence-corrected chi connectivity index (χ4v) is 18.6. The molecule has 0 amide bonds. The van der Waals surface area contributed by atoms with Crippen molar-refractivity contribution in [3.8, 4) is 0 Å². The summed E-state index contributed by atoms with van der Waals surface area (Å²) in [6.07, 6.45) is 30.9. The fraction of sp³-hybridized carbons (Fsp3) is 0.727. The number of fused-ring (bicyclic) bond motifs is 1. The van der Waals surface area contributed by atoms with Crippen LogP contribution in [0.3, 0.4) is 0 Å². The molecule has 0 radical (unpaired) electrons. The molecule has 156 valence electrons. The third-order valence-electron chi connectivity index (χ3n) is 5.69. The first-order chi connectivity index (χ1) is 11.5. The van der Waals surface area contributed by atoms with Crippen molar-refractivity contribution in [2.75, 3.05) is 75.1 Å². The highest BCUT2D eigenvalue weighted by atomic mass is 32.3. The quantitative estimate of drug-likeness (QED) is 0.520. The zero-order chi connectivity index (χ0) is 20.3. The van der Waals surface area contributed by atoms with E-state index in [1.165, 1.54) is 0 Å². The first-order valence-corrected chi connectivity index (χ1v) is 20.9. The molecule has 1 aliphatic carbocycles. The maximum atomic E-state index is 2.59. The third kappa shape index (κ3) is 4.44. The molecule has 0 aromatic heterocycles. The fourth-order valence-electron chi connectivity index (χ4n) is 4.84. The molecule has 0 fully saturated rings. The zero-order valence-electron chi connectivity index (χ0n) is 19.3. The first-order valence-electron chi connectivity index (χ1n) is 9.25. The van der Waals surface area contributed by atoms with E-state index in [2.05, 4.69) is 99.3 Å². The van der Waals surface area contributed by atoms with Crippen molar-refractivity contribution in [3.05, 3.63) is 35.4 Å². The molecule has 0 saturated heterocycles. The number of benzene rings is 1. The van der Waals surface area contributed by atoms with E-state index in [9.17, 15) is 0 Å². The lowest BCUT2D eigenvalue weighted by Gasteiger charge is -2.64. The highest BCUT2D eigenvalue weighted by Gasteiger charge is 2.53. The topological polar surface area (TPSA) is 0 Å². The second-order valence-corrected chi connectivity index (χ2v) is 28.7. The van der Waals surface area contributed by atoms with Gasteiger partial charge in [0, 0.05) is 21.0 Å². The van der Waals surface area contributed by atoms with Crippen LogP contribution in [-0.2, 0) is 0 Å². The Hall–Kier alpha value is 0.620. The van der Waals surface area contributed by atoms with Crippen molar-refractivity contribution < 1.29 is 0 Å². The van der Waals surface area contributed by atoms with Crippen LogP contribution in [0.2, 0.25) is 0 Å². The Labute approximate surface area is 171 Å². The Morgan fingerprint density at radius 3 is 0.923 bits per heavy atom. The monoisotopic (exact) mass is 436 g/mol. The van der Waals surface area contributed by atoms with E-state index in [1.54, 1.807) is 11.1 Å². The van der Waals surface area contributed by atoms with Gasteiger partial charge in [-0.2, -0.15) is 0 Å². The average molecular weight is 437 g/mol. The van der Waals surface area contributed by atoms with Crippen LogP contribution < -0.4 is 0 Å². The minimum absolute atomic E-state index is 0.671. The summed E-state index contributed by atoms with van der Waals surface area (Å²) in [5, 5.41) is 3.14. The van der Waals surface area contributed by atoms with Gasteiger partial charge in [0.05, 0.1) is 0 Å². The Bertz CT molecular complexity index is 581. The van der Waals surface area contributed by atoms with Gasteiger partial charge in [0.2, 0.25) is 0 Å². The lowest BCUT2D eigenvalue weighted by Crippen LogP contribution is -2.48. The summed E-state index contributed by atoms with van der Waals surface area (Å²) in [6, 6.07) is 9.57. The van der Waals surface area contributed by atoms with E-state index in [-0.39, 0.29) is 0 Å². The van der Waals surface area contributed by atoms with E-state index >= 15 is 0 Å². The molecule has 0 saturated carbocycles. The highest BCUT2D eigenvalue weighted by Crippen LogP contribution is 2.75. The van der Waals surface area contributed by atoms with E-state index in [0.717, 1.165) is 21.0 Å². The van der Waals surface area contributed by atoms with Crippen LogP contribution in [0.5, 0.6) is 0 Å². The predicted octanol–water partition coefficient (Wildman–Crippen LogP) is 6.30. The molecule has 1 aromatic rings. The predicted molar refractivity (Wildman–Crippen MR) is 141 cm³/mol.